The fraction of sp³-hybridized carbons (Fsp3) is 0.364. The number of hydrogen-bond acceptors (Lipinski definition) is 8. The van der Waals surface area contributed by atoms with Crippen LogP contribution in [0.15, 0.2) is 29.4 Å². The van der Waals surface area contributed by atoms with Gasteiger partial charge in [-0.05, 0) is 44.0 Å². The monoisotopic (exact) mass is 508 g/mol. The summed E-state index contributed by atoms with van der Waals surface area (Å²) < 4.78 is 12.6. The number of esters is 1. The molecule has 3 rings (SSSR count). The Morgan fingerprint density at radius 1 is 1.24 bits per heavy atom. The van der Waals surface area contributed by atoms with Crippen molar-refractivity contribution in [3.05, 3.63) is 51.1 Å². The summed E-state index contributed by atoms with van der Waals surface area (Å²) in [7, 11) is 1.81. The van der Waals surface area contributed by atoms with Gasteiger partial charge in [0, 0.05) is 11.9 Å². The molecule has 0 aliphatic rings. The number of carbonyl (C=O) groups excluding carboxylic acids is 2. The summed E-state index contributed by atoms with van der Waals surface area (Å²) in [5, 5.41) is 12.7. The average molecular weight is 509 g/mol. The number of carbonyl (C=O) groups is 2. The van der Waals surface area contributed by atoms with E-state index in [9.17, 15) is 9.59 Å². The average Bonchev–Trinajstić information content (AvgIpc) is 3.36. The lowest BCUT2D eigenvalue weighted by molar-refractivity contribution is -0.113. The first-order valence-electron chi connectivity index (χ1n) is 10.3. The number of benzene rings is 1. The topological polar surface area (TPSA) is 95.3 Å². The van der Waals surface area contributed by atoms with Crippen LogP contribution in [0.2, 0.25) is 5.02 Å². The number of thiophene rings is 1. The van der Waals surface area contributed by atoms with Gasteiger partial charge >= 0.3 is 5.97 Å². The van der Waals surface area contributed by atoms with Crippen LogP contribution in [0.3, 0.4) is 0 Å². The lowest BCUT2D eigenvalue weighted by Crippen LogP contribution is -2.16. The van der Waals surface area contributed by atoms with E-state index in [2.05, 4.69) is 15.5 Å². The Morgan fingerprint density at radius 3 is 2.76 bits per heavy atom. The minimum Gasteiger partial charge on any atom is -0.484 e. The molecule has 0 aliphatic carbocycles. The molecule has 0 unspecified atom stereocenters. The normalized spacial score (nSPS) is 10.8. The molecule has 2 aromatic heterocycles. The fourth-order valence-corrected chi connectivity index (χ4v) is 4.72. The Kier molecular flexibility index (Phi) is 8.76. The van der Waals surface area contributed by atoms with Gasteiger partial charge in [0.15, 0.2) is 11.0 Å². The van der Waals surface area contributed by atoms with Gasteiger partial charge in [-0.15, -0.1) is 21.5 Å². The maximum Gasteiger partial charge on any atom is 0.341 e. The van der Waals surface area contributed by atoms with Crippen molar-refractivity contribution in [3.8, 4) is 5.75 Å². The molecule has 0 saturated heterocycles. The minimum absolute atomic E-state index is 0.109. The molecule has 0 saturated carbocycles. The van der Waals surface area contributed by atoms with E-state index in [-0.39, 0.29) is 24.9 Å². The molecule has 33 heavy (non-hydrogen) atoms. The van der Waals surface area contributed by atoms with Crippen molar-refractivity contribution in [3.63, 3.8) is 0 Å². The van der Waals surface area contributed by atoms with Crippen molar-refractivity contribution >= 4 is 51.6 Å². The maximum atomic E-state index is 12.5. The highest BCUT2D eigenvalue weighted by Crippen LogP contribution is 2.30. The van der Waals surface area contributed by atoms with Crippen molar-refractivity contribution in [2.75, 3.05) is 17.7 Å². The van der Waals surface area contributed by atoms with E-state index in [4.69, 9.17) is 21.1 Å². The largest absolute Gasteiger partial charge is 0.484 e. The maximum absolute atomic E-state index is 12.5. The van der Waals surface area contributed by atoms with Gasteiger partial charge < -0.3 is 19.4 Å². The van der Waals surface area contributed by atoms with E-state index in [1.165, 1.54) is 23.1 Å². The van der Waals surface area contributed by atoms with E-state index < -0.39 is 5.97 Å². The summed E-state index contributed by atoms with van der Waals surface area (Å²) in [6.07, 6.45) is 0.763. The Morgan fingerprint density at radius 2 is 2.03 bits per heavy atom. The molecule has 0 spiro atoms. The standard InChI is InChI=1S/C22H25ClN4O4S2/c1-5-14-10-15(21(29)30-6-2)20(33-14)24-19(28)12-32-22-26-25-18(27(22)4)11-31-17-9-13(3)7-8-16(17)23/h7-10H,5-6,11-12H2,1-4H3,(H,24,28). The van der Waals surface area contributed by atoms with E-state index in [1.54, 1.807) is 23.6 Å². The van der Waals surface area contributed by atoms with Gasteiger partial charge in [0.05, 0.1) is 22.9 Å². The molecule has 1 aromatic carbocycles. The number of nitrogens with one attached hydrogen (secondary N) is 1. The highest BCUT2D eigenvalue weighted by Gasteiger charge is 2.19. The lowest BCUT2D eigenvalue weighted by Gasteiger charge is -2.09. The van der Waals surface area contributed by atoms with Crippen LogP contribution in [0, 0.1) is 6.92 Å². The zero-order valence-corrected chi connectivity index (χ0v) is 21.2. The highest BCUT2D eigenvalue weighted by molar-refractivity contribution is 7.99. The molecule has 0 bridgehead atoms. The summed E-state index contributed by atoms with van der Waals surface area (Å²) in [6, 6.07) is 7.32. The summed E-state index contributed by atoms with van der Waals surface area (Å²) in [4.78, 5) is 25.7. The van der Waals surface area contributed by atoms with Gasteiger partial charge in [-0.2, -0.15) is 0 Å². The number of aromatic nitrogens is 3. The van der Waals surface area contributed by atoms with Crippen LogP contribution in [0.4, 0.5) is 5.00 Å². The molecule has 3 aromatic rings. The third-order valence-corrected chi connectivity index (χ3v) is 7.11. The van der Waals surface area contributed by atoms with Gasteiger partial charge in [0.1, 0.15) is 17.4 Å². The number of hydrogen-bond donors (Lipinski definition) is 1. The first kappa shape index (κ1) is 25.1. The van der Waals surface area contributed by atoms with Gasteiger partial charge in [-0.1, -0.05) is 36.4 Å². The molecule has 8 nitrogen and oxygen atoms in total. The van der Waals surface area contributed by atoms with Gasteiger partial charge in [0.25, 0.3) is 0 Å². The molecule has 0 radical (unpaired) electrons. The van der Waals surface area contributed by atoms with Crippen molar-refractivity contribution in [2.45, 2.75) is 39.0 Å². The number of thioether (sulfide) groups is 1. The molecule has 2 heterocycles. The fourth-order valence-electron chi connectivity index (χ4n) is 2.82. The number of anilines is 1. The molecular formula is C22H25ClN4O4S2. The van der Waals surface area contributed by atoms with Crippen LogP contribution in [0.25, 0.3) is 0 Å². The van der Waals surface area contributed by atoms with Gasteiger partial charge in [0.2, 0.25) is 5.91 Å². The minimum atomic E-state index is -0.442. The predicted molar refractivity (Wildman–Crippen MR) is 131 cm³/mol. The Balaban J connectivity index is 1.59. The van der Waals surface area contributed by atoms with Crippen LogP contribution in [0.5, 0.6) is 5.75 Å². The number of ether oxygens (including phenoxy) is 2. The molecular weight excluding hydrogens is 484 g/mol. The number of amides is 1. The second-order valence-corrected chi connectivity index (χ2v) is 9.53. The van der Waals surface area contributed by atoms with Gasteiger partial charge in [-0.3, -0.25) is 4.79 Å². The third kappa shape index (κ3) is 6.49. The smallest absolute Gasteiger partial charge is 0.341 e. The van der Waals surface area contributed by atoms with E-state index in [0.717, 1.165) is 16.9 Å². The Hall–Kier alpha value is -2.56. The Labute approximate surface area is 205 Å². The molecule has 1 N–H and O–H groups in total. The number of nitrogens with zero attached hydrogens (tertiary/aromatic N) is 3. The molecule has 0 atom stereocenters. The van der Waals surface area contributed by atoms with E-state index >= 15 is 0 Å². The zero-order valence-electron chi connectivity index (χ0n) is 18.8. The molecule has 1 amide bonds. The summed E-state index contributed by atoms with van der Waals surface area (Å²) in [6.45, 7) is 6.16. The van der Waals surface area contributed by atoms with Crippen molar-refractivity contribution < 1.29 is 19.1 Å². The molecule has 0 aliphatic heterocycles. The van der Waals surface area contributed by atoms with E-state index in [1.807, 2.05) is 33.0 Å². The van der Waals surface area contributed by atoms with Crippen molar-refractivity contribution in [1.29, 1.82) is 0 Å². The second-order valence-electron chi connectivity index (χ2n) is 7.05. The Bertz CT molecular complexity index is 1150. The van der Waals surface area contributed by atoms with Crippen LogP contribution in [-0.4, -0.2) is 39.0 Å². The number of rotatable bonds is 10. The summed E-state index contributed by atoms with van der Waals surface area (Å²) in [5.41, 5.74) is 1.42. The number of aryl methyl sites for hydroxylation is 2. The van der Waals surface area contributed by atoms with Crippen LogP contribution in [-0.2, 0) is 29.6 Å². The zero-order chi connectivity index (χ0) is 24.0. The molecule has 11 heteroatoms. The van der Waals surface area contributed by atoms with Crippen molar-refractivity contribution in [2.24, 2.45) is 7.05 Å². The first-order valence-corrected chi connectivity index (χ1v) is 12.5. The van der Waals surface area contributed by atoms with Crippen LogP contribution in [0.1, 0.15) is 40.5 Å². The summed E-state index contributed by atoms with van der Waals surface area (Å²) in [5.74, 6) is 0.599. The van der Waals surface area contributed by atoms with Crippen LogP contribution < -0.4 is 10.1 Å². The van der Waals surface area contributed by atoms with Crippen molar-refractivity contribution in [1.82, 2.24) is 14.8 Å². The summed E-state index contributed by atoms with van der Waals surface area (Å²) >= 11 is 8.79. The molecule has 176 valence electrons. The second kappa shape index (κ2) is 11.5. The predicted octanol–water partition coefficient (Wildman–Crippen LogP) is 4.89. The lowest BCUT2D eigenvalue weighted by atomic mass is 10.2. The number of halogens is 1. The third-order valence-electron chi connectivity index (χ3n) is 4.58. The highest BCUT2D eigenvalue weighted by atomic mass is 35.5. The van der Waals surface area contributed by atoms with E-state index in [0.29, 0.717) is 32.3 Å². The van der Waals surface area contributed by atoms with Gasteiger partial charge in [-0.25, -0.2) is 4.79 Å². The SMILES string of the molecule is CCOC(=O)c1cc(CC)sc1NC(=O)CSc1nnc(COc2cc(C)ccc2Cl)n1C. The quantitative estimate of drug-likeness (QED) is 0.308. The van der Waals surface area contributed by atoms with Crippen LogP contribution >= 0.6 is 34.7 Å². The first-order chi connectivity index (χ1) is 15.8. The molecule has 0 fully saturated rings.